The Morgan fingerprint density at radius 2 is 1.64 bits per heavy atom. The minimum atomic E-state index is 0.856. The molecule has 0 N–H and O–H groups in total. The van der Waals surface area contributed by atoms with E-state index in [-0.39, 0.29) is 0 Å². The van der Waals surface area contributed by atoms with E-state index in [1.807, 2.05) is 0 Å². The van der Waals surface area contributed by atoms with E-state index in [4.69, 9.17) is 0 Å². The van der Waals surface area contributed by atoms with Crippen LogP contribution in [0.15, 0.2) is 24.3 Å². The van der Waals surface area contributed by atoms with Crippen molar-refractivity contribution in [3.63, 3.8) is 0 Å². The molecule has 0 heterocycles. The molecular weight excluding hydrogens is 168 g/mol. The summed E-state index contributed by atoms with van der Waals surface area (Å²) in [5.74, 6) is 0.856. The SMILES string of the molecule is CCc1ccc(C2CCCCC2)cc1. The summed E-state index contributed by atoms with van der Waals surface area (Å²) in [5.41, 5.74) is 3.03. The van der Waals surface area contributed by atoms with Crippen molar-refractivity contribution in [3.8, 4) is 0 Å². The van der Waals surface area contributed by atoms with Gasteiger partial charge < -0.3 is 0 Å². The summed E-state index contributed by atoms with van der Waals surface area (Å²) in [5, 5.41) is 0. The molecule has 1 aromatic carbocycles. The minimum absolute atomic E-state index is 0.856. The smallest absolute Gasteiger partial charge is 0.0162 e. The summed E-state index contributed by atoms with van der Waals surface area (Å²) in [4.78, 5) is 0. The average molecular weight is 188 g/mol. The Bertz CT molecular complexity index is 265. The van der Waals surface area contributed by atoms with E-state index in [1.54, 1.807) is 5.56 Å². The van der Waals surface area contributed by atoms with Gasteiger partial charge in [-0.25, -0.2) is 0 Å². The molecule has 0 radical (unpaired) electrons. The monoisotopic (exact) mass is 188 g/mol. The highest BCUT2D eigenvalue weighted by molar-refractivity contribution is 5.25. The maximum absolute atomic E-state index is 2.34. The molecule has 0 aliphatic heterocycles. The zero-order valence-corrected chi connectivity index (χ0v) is 9.13. The van der Waals surface area contributed by atoms with Crippen molar-refractivity contribution >= 4 is 0 Å². The molecule has 0 bridgehead atoms. The zero-order valence-electron chi connectivity index (χ0n) is 9.13. The van der Waals surface area contributed by atoms with Gasteiger partial charge >= 0.3 is 0 Å². The van der Waals surface area contributed by atoms with Crippen LogP contribution in [0.2, 0.25) is 0 Å². The topological polar surface area (TPSA) is 0 Å². The number of rotatable bonds is 2. The zero-order chi connectivity index (χ0) is 9.80. The van der Waals surface area contributed by atoms with Gasteiger partial charge in [-0.15, -0.1) is 0 Å². The Morgan fingerprint density at radius 3 is 2.21 bits per heavy atom. The highest BCUT2D eigenvalue weighted by Gasteiger charge is 2.14. The van der Waals surface area contributed by atoms with Crippen LogP contribution >= 0.6 is 0 Å². The summed E-state index contributed by atoms with van der Waals surface area (Å²) in [7, 11) is 0. The first-order chi connectivity index (χ1) is 6.90. The van der Waals surface area contributed by atoms with Crippen LogP contribution in [0.5, 0.6) is 0 Å². The molecule has 14 heavy (non-hydrogen) atoms. The van der Waals surface area contributed by atoms with Crippen LogP contribution in [0.1, 0.15) is 56.1 Å². The van der Waals surface area contributed by atoms with Crippen molar-refractivity contribution in [1.29, 1.82) is 0 Å². The van der Waals surface area contributed by atoms with Crippen LogP contribution in [-0.2, 0) is 6.42 Å². The maximum Gasteiger partial charge on any atom is -0.0162 e. The van der Waals surface area contributed by atoms with E-state index < -0.39 is 0 Å². The molecule has 76 valence electrons. The van der Waals surface area contributed by atoms with E-state index in [0.29, 0.717) is 0 Å². The van der Waals surface area contributed by atoms with Crippen LogP contribution in [0.25, 0.3) is 0 Å². The molecule has 1 fully saturated rings. The Labute approximate surface area is 87.3 Å². The van der Waals surface area contributed by atoms with E-state index in [2.05, 4.69) is 31.2 Å². The summed E-state index contributed by atoms with van der Waals surface area (Å²) in [6.45, 7) is 2.22. The third-order valence-corrected chi connectivity index (χ3v) is 3.46. The lowest BCUT2D eigenvalue weighted by molar-refractivity contribution is 0.443. The molecule has 1 aliphatic rings. The molecule has 0 atom stereocenters. The first-order valence-electron chi connectivity index (χ1n) is 5.99. The first-order valence-corrected chi connectivity index (χ1v) is 5.99. The molecule has 1 aromatic rings. The summed E-state index contributed by atoms with van der Waals surface area (Å²) in [6, 6.07) is 9.28. The Kier molecular flexibility index (Phi) is 3.23. The van der Waals surface area contributed by atoms with E-state index >= 15 is 0 Å². The Hall–Kier alpha value is -0.780. The van der Waals surface area contributed by atoms with Gasteiger partial charge in [0.2, 0.25) is 0 Å². The van der Waals surface area contributed by atoms with E-state index in [9.17, 15) is 0 Å². The summed E-state index contributed by atoms with van der Waals surface area (Å²) >= 11 is 0. The molecule has 0 spiro atoms. The number of benzene rings is 1. The molecule has 0 heteroatoms. The summed E-state index contributed by atoms with van der Waals surface area (Å²) in [6.07, 6.45) is 8.28. The fourth-order valence-corrected chi connectivity index (χ4v) is 2.46. The van der Waals surface area contributed by atoms with Gasteiger partial charge in [0.05, 0.1) is 0 Å². The first kappa shape index (κ1) is 9.76. The van der Waals surface area contributed by atoms with Crippen molar-refractivity contribution in [3.05, 3.63) is 35.4 Å². The number of hydrogen-bond acceptors (Lipinski definition) is 0. The van der Waals surface area contributed by atoms with Crippen molar-refractivity contribution in [1.82, 2.24) is 0 Å². The van der Waals surface area contributed by atoms with Gasteiger partial charge in [0.25, 0.3) is 0 Å². The number of hydrogen-bond donors (Lipinski definition) is 0. The quantitative estimate of drug-likeness (QED) is 0.649. The van der Waals surface area contributed by atoms with Crippen molar-refractivity contribution in [2.45, 2.75) is 51.4 Å². The third kappa shape index (κ3) is 2.17. The fourth-order valence-electron chi connectivity index (χ4n) is 2.46. The molecule has 1 aliphatic carbocycles. The van der Waals surface area contributed by atoms with Gasteiger partial charge in [-0.05, 0) is 36.3 Å². The molecular formula is C14H20. The van der Waals surface area contributed by atoms with Gasteiger partial charge in [-0.2, -0.15) is 0 Å². The maximum atomic E-state index is 2.34. The van der Waals surface area contributed by atoms with Crippen LogP contribution < -0.4 is 0 Å². The molecule has 1 saturated carbocycles. The second-order valence-electron chi connectivity index (χ2n) is 4.43. The molecule has 0 aromatic heterocycles. The Balaban J connectivity index is 2.07. The lowest BCUT2D eigenvalue weighted by Crippen LogP contribution is -2.04. The van der Waals surface area contributed by atoms with Crippen molar-refractivity contribution in [2.24, 2.45) is 0 Å². The van der Waals surface area contributed by atoms with Gasteiger partial charge in [0, 0.05) is 0 Å². The fraction of sp³-hybridized carbons (Fsp3) is 0.571. The van der Waals surface area contributed by atoms with Gasteiger partial charge in [-0.1, -0.05) is 50.5 Å². The molecule has 0 nitrogen and oxygen atoms in total. The predicted molar refractivity (Wildman–Crippen MR) is 61.6 cm³/mol. The number of aryl methyl sites for hydroxylation is 1. The highest BCUT2D eigenvalue weighted by Crippen LogP contribution is 2.32. The van der Waals surface area contributed by atoms with E-state index in [0.717, 1.165) is 12.3 Å². The molecule has 0 unspecified atom stereocenters. The third-order valence-electron chi connectivity index (χ3n) is 3.46. The minimum Gasteiger partial charge on any atom is -0.0613 e. The van der Waals surface area contributed by atoms with Crippen LogP contribution in [0, 0.1) is 0 Å². The summed E-state index contributed by atoms with van der Waals surface area (Å²) < 4.78 is 0. The van der Waals surface area contributed by atoms with Gasteiger partial charge in [0.1, 0.15) is 0 Å². The molecule has 0 saturated heterocycles. The Morgan fingerprint density at radius 1 is 1.00 bits per heavy atom. The van der Waals surface area contributed by atoms with Crippen LogP contribution in [0.3, 0.4) is 0 Å². The highest BCUT2D eigenvalue weighted by atomic mass is 14.2. The van der Waals surface area contributed by atoms with Crippen molar-refractivity contribution in [2.75, 3.05) is 0 Å². The molecule has 0 amide bonds. The standard InChI is InChI=1S/C14H20/c1-2-12-8-10-14(11-9-12)13-6-4-3-5-7-13/h8-11,13H,2-7H2,1H3. The normalized spacial score (nSPS) is 18.4. The second-order valence-corrected chi connectivity index (χ2v) is 4.43. The largest absolute Gasteiger partial charge is 0.0613 e. The second kappa shape index (κ2) is 4.63. The predicted octanol–water partition coefficient (Wildman–Crippen LogP) is 4.30. The van der Waals surface area contributed by atoms with Crippen molar-refractivity contribution < 1.29 is 0 Å². The lowest BCUT2D eigenvalue weighted by atomic mass is 9.84. The van der Waals surface area contributed by atoms with Gasteiger partial charge in [0.15, 0.2) is 0 Å². The van der Waals surface area contributed by atoms with Crippen LogP contribution in [-0.4, -0.2) is 0 Å². The van der Waals surface area contributed by atoms with E-state index in [1.165, 1.54) is 37.7 Å². The lowest BCUT2D eigenvalue weighted by Gasteiger charge is -2.22. The van der Waals surface area contributed by atoms with Gasteiger partial charge in [-0.3, -0.25) is 0 Å². The average Bonchev–Trinajstić information content (AvgIpc) is 2.30. The molecule has 2 rings (SSSR count). The van der Waals surface area contributed by atoms with Crippen LogP contribution in [0.4, 0.5) is 0 Å².